The van der Waals surface area contributed by atoms with Crippen molar-refractivity contribution in [2.24, 2.45) is 5.92 Å². The number of thiazole rings is 1. The zero-order valence-corrected chi connectivity index (χ0v) is 11.4. The highest BCUT2D eigenvalue weighted by Gasteiger charge is 2.48. The van der Waals surface area contributed by atoms with E-state index in [0.29, 0.717) is 5.92 Å². The van der Waals surface area contributed by atoms with Gasteiger partial charge in [0.1, 0.15) is 5.41 Å². The van der Waals surface area contributed by atoms with Gasteiger partial charge in [0, 0.05) is 11.3 Å². The number of hydrogen-bond acceptors (Lipinski definition) is 3. The molecule has 1 aromatic heterocycles. The lowest BCUT2D eigenvalue weighted by Gasteiger charge is -2.37. The Labute approximate surface area is 106 Å². The standard InChI is InChI=1S/C13H19NO2S/c1-8(2)7-10-14-9(3)11(17-10)13(12(15)16)5-4-6-13/h8H,4-7H2,1-3H3,(H,15,16). The molecule has 3 nitrogen and oxygen atoms in total. The molecule has 0 aliphatic heterocycles. The molecule has 94 valence electrons. The second-order valence-corrected chi connectivity index (χ2v) is 6.44. The maximum Gasteiger partial charge on any atom is 0.315 e. The molecule has 0 radical (unpaired) electrons. The molecule has 0 aromatic carbocycles. The molecule has 17 heavy (non-hydrogen) atoms. The first-order valence-corrected chi connectivity index (χ1v) is 6.97. The van der Waals surface area contributed by atoms with E-state index in [4.69, 9.17) is 0 Å². The van der Waals surface area contributed by atoms with E-state index in [0.717, 1.165) is 41.3 Å². The number of aryl methyl sites for hydroxylation is 1. The van der Waals surface area contributed by atoms with Crippen LogP contribution in [0.25, 0.3) is 0 Å². The molecule has 1 heterocycles. The molecule has 0 amide bonds. The van der Waals surface area contributed by atoms with Gasteiger partial charge in [-0.1, -0.05) is 20.3 Å². The third-order valence-corrected chi connectivity index (χ3v) is 4.86. The summed E-state index contributed by atoms with van der Waals surface area (Å²) in [5, 5.41) is 10.5. The number of rotatable bonds is 4. The quantitative estimate of drug-likeness (QED) is 0.896. The predicted molar refractivity (Wildman–Crippen MR) is 68.6 cm³/mol. The topological polar surface area (TPSA) is 50.2 Å². The Morgan fingerprint density at radius 1 is 1.53 bits per heavy atom. The summed E-state index contributed by atoms with van der Waals surface area (Å²) in [7, 11) is 0. The Balaban J connectivity index is 2.32. The summed E-state index contributed by atoms with van der Waals surface area (Å²) < 4.78 is 0. The maximum atomic E-state index is 11.5. The van der Waals surface area contributed by atoms with Crippen LogP contribution in [0.2, 0.25) is 0 Å². The molecule has 0 spiro atoms. The Morgan fingerprint density at radius 3 is 2.59 bits per heavy atom. The minimum Gasteiger partial charge on any atom is -0.481 e. The van der Waals surface area contributed by atoms with E-state index in [2.05, 4.69) is 18.8 Å². The molecular weight excluding hydrogens is 234 g/mol. The zero-order chi connectivity index (χ0) is 12.6. The number of aromatic nitrogens is 1. The van der Waals surface area contributed by atoms with Gasteiger partial charge in [0.05, 0.1) is 10.7 Å². The predicted octanol–water partition coefficient (Wildman–Crippen LogP) is 3.16. The van der Waals surface area contributed by atoms with E-state index < -0.39 is 11.4 Å². The van der Waals surface area contributed by atoms with Gasteiger partial charge in [0.25, 0.3) is 0 Å². The molecule has 1 saturated carbocycles. The van der Waals surface area contributed by atoms with Crippen LogP contribution in [-0.2, 0) is 16.6 Å². The highest BCUT2D eigenvalue weighted by atomic mass is 32.1. The van der Waals surface area contributed by atoms with Crippen LogP contribution in [0.15, 0.2) is 0 Å². The number of nitrogens with zero attached hydrogens (tertiary/aromatic N) is 1. The van der Waals surface area contributed by atoms with Crippen molar-refractivity contribution in [1.29, 1.82) is 0 Å². The average molecular weight is 253 g/mol. The third-order valence-electron chi connectivity index (χ3n) is 3.47. The van der Waals surface area contributed by atoms with Gasteiger partial charge in [-0.05, 0) is 25.7 Å². The molecule has 0 bridgehead atoms. The Hall–Kier alpha value is -0.900. The van der Waals surface area contributed by atoms with E-state index in [9.17, 15) is 9.90 Å². The molecule has 4 heteroatoms. The number of carbonyl (C=O) groups is 1. The molecule has 1 aromatic rings. The van der Waals surface area contributed by atoms with Crippen molar-refractivity contribution in [3.05, 3.63) is 15.6 Å². The molecule has 1 aliphatic rings. The monoisotopic (exact) mass is 253 g/mol. The summed E-state index contributed by atoms with van der Waals surface area (Å²) in [6.45, 7) is 6.26. The van der Waals surface area contributed by atoms with Crippen molar-refractivity contribution in [3.63, 3.8) is 0 Å². The number of carboxylic acids is 1. The van der Waals surface area contributed by atoms with Gasteiger partial charge in [0.15, 0.2) is 0 Å². The third kappa shape index (κ3) is 2.10. The Morgan fingerprint density at radius 2 is 2.18 bits per heavy atom. The second kappa shape index (κ2) is 4.41. The summed E-state index contributed by atoms with van der Waals surface area (Å²) >= 11 is 1.61. The maximum absolute atomic E-state index is 11.5. The summed E-state index contributed by atoms with van der Waals surface area (Å²) in [6.07, 6.45) is 3.50. The van der Waals surface area contributed by atoms with Crippen molar-refractivity contribution in [1.82, 2.24) is 4.98 Å². The number of carboxylic acid groups (broad SMARTS) is 1. The fraction of sp³-hybridized carbons (Fsp3) is 0.692. The fourth-order valence-electron chi connectivity index (χ4n) is 2.40. The van der Waals surface area contributed by atoms with E-state index in [1.54, 1.807) is 11.3 Å². The average Bonchev–Trinajstić information content (AvgIpc) is 2.43. The van der Waals surface area contributed by atoms with Crippen molar-refractivity contribution in [2.45, 2.75) is 51.9 Å². The van der Waals surface area contributed by atoms with E-state index in [1.807, 2.05) is 6.92 Å². The Bertz CT molecular complexity index is 433. The highest BCUT2D eigenvalue weighted by molar-refractivity contribution is 7.12. The Kier molecular flexibility index (Phi) is 3.25. The van der Waals surface area contributed by atoms with E-state index in [-0.39, 0.29) is 0 Å². The normalized spacial score (nSPS) is 18.1. The van der Waals surface area contributed by atoms with Gasteiger partial charge in [-0.25, -0.2) is 4.98 Å². The van der Waals surface area contributed by atoms with Crippen molar-refractivity contribution >= 4 is 17.3 Å². The van der Waals surface area contributed by atoms with Gasteiger partial charge < -0.3 is 5.11 Å². The number of hydrogen-bond donors (Lipinski definition) is 1. The van der Waals surface area contributed by atoms with Crippen LogP contribution in [0.3, 0.4) is 0 Å². The number of aliphatic carboxylic acids is 1. The minimum absolute atomic E-state index is 0.565. The smallest absolute Gasteiger partial charge is 0.315 e. The first kappa shape index (κ1) is 12.6. The lowest BCUT2D eigenvalue weighted by molar-refractivity contribution is -0.147. The molecule has 0 atom stereocenters. The molecule has 1 N–H and O–H groups in total. The van der Waals surface area contributed by atoms with Crippen LogP contribution in [0.5, 0.6) is 0 Å². The van der Waals surface area contributed by atoms with E-state index >= 15 is 0 Å². The van der Waals surface area contributed by atoms with Gasteiger partial charge >= 0.3 is 5.97 Å². The molecule has 0 unspecified atom stereocenters. The van der Waals surface area contributed by atoms with Gasteiger partial charge in [-0.3, -0.25) is 4.79 Å². The first-order valence-electron chi connectivity index (χ1n) is 6.16. The van der Waals surface area contributed by atoms with Crippen LogP contribution >= 0.6 is 11.3 Å². The summed E-state index contributed by atoms with van der Waals surface area (Å²) in [4.78, 5) is 17.0. The fourth-order valence-corrected chi connectivity index (χ4v) is 3.92. The molecule has 1 aliphatic carbocycles. The molecule has 2 rings (SSSR count). The van der Waals surface area contributed by atoms with Crippen LogP contribution < -0.4 is 0 Å². The van der Waals surface area contributed by atoms with Crippen molar-refractivity contribution < 1.29 is 9.90 Å². The summed E-state index contributed by atoms with van der Waals surface area (Å²) in [6, 6.07) is 0. The van der Waals surface area contributed by atoms with Crippen molar-refractivity contribution in [2.75, 3.05) is 0 Å². The second-order valence-electron chi connectivity index (χ2n) is 5.36. The molecule has 0 saturated heterocycles. The lowest BCUT2D eigenvalue weighted by Crippen LogP contribution is -2.42. The zero-order valence-electron chi connectivity index (χ0n) is 10.6. The van der Waals surface area contributed by atoms with Gasteiger partial charge in [0.2, 0.25) is 0 Å². The molecule has 1 fully saturated rings. The van der Waals surface area contributed by atoms with Crippen molar-refractivity contribution in [3.8, 4) is 0 Å². The van der Waals surface area contributed by atoms with Gasteiger partial charge in [-0.15, -0.1) is 11.3 Å². The SMILES string of the molecule is Cc1nc(CC(C)C)sc1C1(C(=O)O)CCC1. The minimum atomic E-state index is -0.674. The lowest BCUT2D eigenvalue weighted by atomic mass is 9.67. The van der Waals surface area contributed by atoms with Crippen LogP contribution in [0.1, 0.15) is 48.7 Å². The first-order chi connectivity index (χ1) is 7.95. The van der Waals surface area contributed by atoms with Crippen LogP contribution in [0.4, 0.5) is 0 Å². The van der Waals surface area contributed by atoms with Gasteiger partial charge in [-0.2, -0.15) is 0 Å². The van der Waals surface area contributed by atoms with Crippen LogP contribution in [-0.4, -0.2) is 16.1 Å². The summed E-state index contributed by atoms with van der Waals surface area (Å²) in [5.74, 6) is -0.109. The van der Waals surface area contributed by atoms with Crippen LogP contribution in [0, 0.1) is 12.8 Å². The molecular formula is C13H19NO2S. The summed E-state index contributed by atoms with van der Waals surface area (Å²) in [5.41, 5.74) is 0.310. The highest BCUT2D eigenvalue weighted by Crippen LogP contribution is 2.47. The van der Waals surface area contributed by atoms with E-state index in [1.165, 1.54) is 0 Å². The largest absolute Gasteiger partial charge is 0.481 e.